The van der Waals surface area contributed by atoms with Gasteiger partial charge in [-0.3, -0.25) is 0 Å². The zero-order chi connectivity index (χ0) is 18.9. The lowest BCUT2D eigenvalue weighted by atomic mass is 10.1. The lowest BCUT2D eigenvalue weighted by molar-refractivity contribution is 0.126. The van der Waals surface area contributed by atoms with Gasteiger partial charge in [0.15, 0.2) is 0 Å². The largest absolute Gasteiger partial charge is 0.377 e. The smallest absolute Gasteiger partial charge is 0.241 e. The molecule has 1 saturated heterocycles. The van der Waals surface area contributed by atoms with Crippen molar-refractivity contribution in [3.8, 4) is 0 Å². The zero-order valence-electron chi connectivity index (χ0n) is 14.9. The van der Waals surface area contributed by atoms with Gasteiger partial charge in [-0.1, -0.05) is 18.2 Å². The molecule has 1 aliphatic heterocycles. The van der Waals surface area contributed by atoms with Crippen LogP contribution in [0.25, 0.3) is 0 Å². The topological polar surface area (TPSA) is 102 Å². The molecule has 1 aromatic carbocycles. The second-order valence-corrected chi connectivity index (χ2v) is 10.9. The van der Waals surface area contributed by atoms with Gasteiger partial charge in [-0.15, -0.1) is 0 Å². The maximum atomic E-state index is 12.6. The van der Waals surface area contributed by atoms with Gasteiger partial charge in [0, 0.05) is 18.7 Å². The molecule has 0 radical (unpaired) electrons. The number of benzene rings is 1. The van der Waals surface area contributed by atoms with Crippen LogP contribution in [0.3, 0.4) is 0 Å². The second kappa shape index (κ2) is 7.32. The number of hydrogen-bond donors (Lipinski definition) is 2. The summed E-state index contributed by atoms with van der Waals surface area (Å²) in [6, 6.07) is 6.37. The van der Waals surface area contributed by atoms with Crippen molar-refractivity contribution >= 4 is 20.0 Å². The highest BCUT2D eigenvalue weighted by molar-refractivity contribution is 7.90. The van der Waals surface area contributed by atoms with Gasteiger partial charge in [-0.2, -0.15) is 0 Å². The van der Waals surface area contributed by atoms with Crippen molar-refractivity contribution in [2.75, 3.05) is 6.61 Å². The molecule has 0 aliphatic carbocycles. The van der Waals surface area contributed by atoms with Gasteiger partial charge >= 0.3 is 0 Å². The van der Waals surface area contributed by atoms with Gasteiger partial charge in [0.2, 0.25) is 20.0 Å². The van der Waals surface area contributed by atoms with Crippen LogP contribution in [0.15, 0.2) is 29.2 Å². The van der Waals surface area contributed by atoms with E-state index in [4.69, 9.17) is 4.74 Å². The Bertz CT molecular complexity index is 813. The van der Waals surface area contributed by atoms with Crippen molar-refractivity contribution in [1.29, 1.82) is 0 Å². The molecule has 2 rings (SSSR count). The van der Waals surface area contributed by atoms with Gasteiger partial charge < -0.3 is 4.74 Å². The first-order valence-corrected chi connectivity index (χ1v) is 11.2. The first kappa shape index (κ1) is 20.3. The molecule has 0 saturated carbocycles. The number of hydrogen-bond acceptors (Lipinski definition) is 5. The standard InChI is InChI=1S/C16H26N2O5S2/c1-12-14(9-10-23-12)24(19,20)17-11-13-7-5-6-8-15(13)25(21,22)18-16(2,3)4/h5-8,12,14,17-18H,9-11H2,1-4H3. The van der Waals surface area contributed by atoms with Crippen LogP contribution in [-0.4, -0.2) is 40.3 Å². The number of ether oxygens (including phenoxy) is 1. The van der Waals surface area contributed by atoms with E-state index in [1.807, 2.05) is 0 Å². The average molecular weight is 391 g/mol. The summed E-state index contributed by atoms with van der Waals surface area (Å²) in [6.07, 6.45) is 0.0567. The molecule has 0 spiro atoms. The summed E-state index contributed by atoms with van der Waals surface area (Å²) in [7, 11) is -7.35. The fourth-order valence-electron chi connectivity index (χ4n) is 2.78. The first-order valence-electron chi connectivity index (χ1n) is 8.14. The first-order chi connectivity index (χ1) is 11.4. The minimum atomic E-state index is -3.76. The number of sulfonamides is 2. The molecule has 1 fully saturated rings. The molecule has 2 unspecified atom stereocenters. The highest BCUT2D eigenvalue weighted by Crippen LogP contribution is 2.22. The van der Waals surface area contributed by atoms with E-state index in [0.717, 1.165) is 0 Å². The quantitative estimate of drug-likeness (QED) is 0.764. The van der Waals surface area contributed by atoms with Gasteiger partial charge in [0.1, 0.15) is 5.25 Å². The van der Waals surface area contributed by atoms with E-state index in [0.29, 0.717) is 18.6 Å². The van der Waals surface area contributed by atoms with Gasteiger partial charge in [0.05, 0.1) is 11.0 Å². The van der Waals surface area contributed by atoms with E-state index in [-0.39, 0.29) is 17.5 Å². The molecule has 1 heterocycles. The molecule has 0 aromatic heterocycles. The third kappa shape index (κ3) is 5.24. The maximum absolute atomic E-state index is 12.6. The minimum Gasteiger partial charge on any atom is -0.377 e. The SMILES string of the molecule is CC1OCCC1S(=O)(=O)NCc1ccccc1S(=O)(=O)NC(C)(C)C. The highest BCUT2D eigenvalue weighted by Gasteiger charge is 2.35. The molecule has 25 heavy (non-hydrogen) atoms. The molecule has 1 aliphatic rings. The van der Waals surface area contributed by atoms with Crippen LogP contribution in [0.5, 0.6) is 0 Å². The van der Waals surface area contributed by atoms with Crippen molar-refractivity contribution < 1.29 is 21.6 Å². The molecule has 142 valence electrons. The van der Waals surface area contributed by atoms with Crippen LogP contribution in [0.2, 0.25) is 0 Å². The summed E-state index contributed by atoms with van der Waals surface area (Å²) in [5.41, 5.74) is -0.239. The summed E-state index contributed by atoms with van der Waals surface area (Å²) < 4.78 is 60.5. The third-order valence-corrected chi connectivity index (χ3v) is 7.69. The van der Waals surface area contributed by atoms with Crippen molar-refractivity contribution in [3.05, 3.63) is 29.8 Å². The van der Waals surface area contributed by atoms with Crippen molar-refractivity contribution in [1.82, 2.24) is 9.44 Å². The average Bonchev–Trinajstić information content (AvgIpc) is 2.90. The summed E-state index contributed by atoms with van der Waals surface area (Å²) in [5, 5.41) is -0.621. The number of nitrogens with one attached hydrogen (secondary N) is 2. The third-order valence-electron chi connectivity index (χ3n) is 3.87. The predicted molar refractivity (Wildman–Crippen MR) is 96.1 cm³/mol. The Labute approximate surface area is 150 Å². The normalized spacial score (nSPS) is 22.2. The zero-order valence-corrected chi connectivity index (χ0v) is 16.6. The lowest BCUT2D eigenvalue weighted by Gasteiger charge is -2.22. The summed E-state index contributed by atoms with van der Waals surface area (Å²) in [5.74, 6) is 0. The molecule has 0 amide bonds. The van der Waals surface area contributed by atoms with Crippen LogP contribution in [0.1, 0.15) is 39.7 Å². The second-order valence-electron chi connectivity index (χ2n) is 7.23. The molecule has 2 N–H and O–H groups in total. The van der Waals surface area contributed by atoms with E-state index >= 15 is 0 Å². The Morgan fingerprint density at radius 3 is 2.36 bits per heavy atom. The van der Waals surface area contributed by atoms with E-state index in [2.05, 4.69) is 9.44 Å². The van der Waals surface area contributed by atoms with Gasteiger partial charge in [0.25, 0.3) is 0 Å². The summed E-state index contributed by atoms with van der Waals surface area (Å²) >= 11 is 0. The molecule has 9 heteroatoms. The Balaban J connectivity index is 2.22. The van der Waals surface area contributed by atoms with Crippen molar-refractivity contribution in [2.45, 2.75) is 62.4 Å². The van der Waals surface area contributed by atoms with E-state index < -0.39 is 30.8 Å². The Hall–Kier alpha value is -1.00. The maximum Gasteiger partial charge on any atom is 0.241 e. The van der Waals surface area contributed by atoms with Crippen LogP contribution in [-0.2, 0) is 31.3 Å². The Morgan fingerprint density at radius 2 is 1.80 bits per heavy atom. The fourth-order valence-corrected chi connectivity index (χ4v) is 5.99. The van der Waals surface area contributed by atoms with Crippen LogP contribution >= 0.6 is 0 Å². The fraction of sp³-hybridized carbons (Fsp3) is 0.625. The van der Waals surface area contributed by atoms with Gasteiger partial charge in [-0.05, 0) is 45.7 Å². The van der Waals surface area contributed by atoms with E-state index in [9.17, 15) is 16.8 Å². The predicted octanol–water partition coefficient (Wildman–Crippen LogP) is 1.36. The molecular formula is C16H26N2O5S2. The Kier molecular flexibility index (Phi) is 5.95. The van der Waals surface area contributed by atoms with Crippen molar-refractivity contribution in [2.24, 2.45) is 0 Å². The van der Waals surface area contributed by atoms with Crippen LogP contribution in [0, 0.1) is 0 Å². The molecule has 0 bridgehead atoms. The van der Waals surface area contributed by atoms with E-state index in [1.165, 1.54) is 6.07 Å². The lowest BCUT2D eigenvalue weighted by Crippen LogP contribution is -2.41. The van der Waals surface area contributed by atoms with Crippen LogP contribution in [0.4, 0.5) is 0 Å². The Morgan fingerprint density at radius 1 is 1.16 bits per heavy atom. The minimum absolute atomic E-state index is 0.0725. The molecule has 2 atom stereocenters. The highest BCUT2D eigenvalue weighted by atomic mass is 32.2. The molecular weight excluding hydrogens is 364 g/mol. The molecule has 1 aromatic rings. The summed E-state index contributed by atoms with van der Waals surface area (Å²) in [4.78, 5) is 0.0725. The monoisotopic (exact) mass is 390 g/mol. The molecule has 7 nitrogen and oxygen atoms in total. The van der Waals surface area contributed by atoms with Crippen LogP contribution < -0.4 is 9.44 Å². The number of rotatable bonds is 6. The van der Waals surface area contributed by atoms with E-state index in [1.54, 1.807) is 45.9 Å². The summed E-state index contributed by atoms with van der Waals surface area (Å²) in [6.45, 7) is 7.29. The van der Waals surface area contributed by atoms with Gasteiger partial charge in [-0.25, -0.2) is 26.3 Å². The van der Waals surface area contributed by atoms with Crippen molar-refractivity contribution in [3.63, 3.8) is 0 Å².